The first-order valence-corrected chi connectivity index (χ1v) is 15.0. The van der Waals surface area contributed by atoms with Crippen LogP contribution >= 0.6 is 18.9 Å². The number of hydrogen-bond acceptors (Lipinski definition) is 4. The SMILES string of the molecule is O=P1(Nc2cccc(S(=O)(=O)Nc3ccc(Cl)cc3)c2)C=C(c2ccccc2)OC(c2ccccc2)=C1. The van der Waals surface area contributed by atoms with Crippen molar-refractivity contribution < 1.29 is 17.7 Å². The smallest absolute Gasteiger partial charge is 0.261 e. The molecule has 0 saturated heterocycles. The zero-order chi connectivity index (χ0) is 25.9. The minimum Gasteiger partial charge on any atom is -0.456 e. The second-order valence-electron chi connectivity index (χ2n) is 8.28. The molecule has 0 amide bonds. The molecule has 0 saturated carbocycles. The maximum absolute atomic E-state index is 14.1. The standard InChI is InChI=1S/C28H22ClN2O4PS/c29-23-14-16-24(17-15-23)31-37(33,34)26-13-7-12-25(18-26)30-36(32)19-27(21-8-3-1-4-9-21)35-28(20-36)22-10-5-2-6-11-22/h1-20,31H,(H,30,32). The van der Waals surface area contributed by atoms with E-state index in [2.05, 4.69) is 9.81 Å². The second-order valence-corrected chi connectivity index (χ2v) is 12.6. The van der Waals surface area contributed by atoms with Crippen LogP contribution in [0.2, 0.25) is 5.02 Å². The predicted molar refractivity (Wildman–Crippen MR) is 150 cm³/mol. The number of nitrogens with one attached hydrogen (secondary N) is 2. The number of halogens is 1. The third kappa shape index (κ3) is 5.97. The molecule has 9 heteroatoms. The fraction of sp³-hybridized carbons (Fsp3) is 0. The minimum atomic E-state index is -3.90. The molecule has 0 radical (unpaired) electrons. The van der Waals surface area contributed by atoms with E-state index in [-0.39, 0.29) is 4.90 Å². The Morgan fingerprint density at radius 1 is 0.676 bits per heavy atom. The first-order valence-electron chi connectivity index (χ1n) is 11.3. The summed E-state index contributed by atoms with van der Waals surface area (Å²) in [7, 11) is -7.25. The lowest BCUT2D eigenvalue weighted by molar-refractivity contribution is 0.469. The van der Waals surface area contributed by atoms with Crippen LogP contribution in [0, 0.1) is 0 Å². The minimum absolute atomic E-state index is 0.0202. The van der Waals surface area contributed by atoms with E-state index in [1.807, 2.05) is 60.7 Å². The molecule has 6 nitrogen and oxygen atoms in total. The van der Waals surface area contributed by atoms with Crippen molar-refractivity contribution in [2.75, 3.05) is 9.81 Å². The van der Waals surface area contributed by atoms with Crippen LogP contribution in [0.1, 0.15) is 11.1 Å². The van der Waals surface area contributed by atoms with Crippen molar-refractivity contribution in [1.29, 1.82) is 0 Å². The lowest BCUT2D eigenvalue weighted by Gasteiger charge is -2.24. The number of ether oxygens (including phenoxy) is 1. The third-order valence-electron chi connectivity index (χ3n) is 5.50. The average Bonchev–Trinajstić information content (AvgIpc) is 2.90. The summed E-state index contributed by atoms with van der Waals surface area (Å²) in [5, 5.41) is 3.55. The summed E-state index contributed by atoms with van der Waals surface area (Å²) in [4.78, 5) is 0.0202. The molecule has 1 aliphatic heterocycles. The van der Waals surface area contributed by atoms with E-state index in [0.717, 1.165) is 11.1 Å². The average molecular weight is 549 g/mol. The van der Waals surface area contributed by atoms with Gasteiger partial charge in [-0.25, -0.2) is 8.42 Å². The Kier molecular flexibility index (Phi) is 6.94. The Morgan fingerprint density at radius 3 is 1.81 bits per heavy atom. The quantitative estimate of drug-likeness (QED) is 0.230. The summed E-state index contributed by atoms with van der Waals surface area (Å²) in [5.41, 5.74) is 2.31. The Hall–Kier alpha value is -3.77. The molecule has 0 aliphatic carbocycles. The molecule has 4 aromatic rings. The maximum Gasteiger partial charge on any atom is 0.261 e. The number of rotatable bonds is 7. The molecule has 4 aromatic carbocycles. The van der Waals surface area contributed by atoms with Crippen LogP contribution in [0.4, 0.5) is 11.4 Å². The van der Waals surface area contributed by atoms with Crippen molar-refractivity contribution >= 4 is 51.8 Å². The van der Waals surface area contributed by atoms with Gasteiger partial charge < -0.3 is 9.82 Å². The molecule has 0 atom stereocenters. The topological polar surface area (TPSA) is 84.5 Å². The summed E-state index contributed by atoms with van der Waals surface area (Å²) < 4.78 is 48.8. The lowest BCUT2D eigenvalue weighted by atomic mass is 10.2. The molecule has 0 bridgehead atoms. The highest BCUT2D eigenvalue weighted by molar-refractivity contribution is 7.92. The molecule has 2 N–H and O–H groups in total. The van der Waals surface area contributed by atoms with Gasteiger partial charge in [-0.15, -0.1) is 0 Å². The molecular formula is C28H22ClN2O4PS. The van der Waals surface area contributed by atoms with E-state index in [1.165, 1.54) is 12.1 Å². The molecule has 0 fully saturated rings. The van der Waals surface area contributed by atoms with Gasteiger partial charge in [0.25, 0.3) is 10.0 Å². The van der Waals surface area contributed by atoms with Crippen molar-refractivity contribution in [3.63, 3.8) is 0 Å². The molecule has 1 heterocycles. The van der Waals surface area contributed by atoms with E-state index in [4.69, 9.17) is 16.3 Å². The monoisotopic (exact) mass is 548 g/mol. The highest BCUT2D eigenvalue weighted by Crippen LogP contribution is 2.56. The summed E-state index contributed by atoms with van der Waals surface area (Å²) in [6, 6.07) is 31.3. The van der Waals surface area contributed by atoms with Crippen molar-refractivity contribution in [3.05, 3.63) is 137 Å². The van der Waals surface area contributed by atoms with Crippen LogP contribution in [-0.4, -0.2) is 8.42 Å². The van der Waals surface area contributed by atoms with Gasteiger partial charge in [-0.3, -0.25) is 9.29 Å². The number of anilines is 2. The van der Waals surface area contributed by atoms with Crippen LogP contribution in [0.5, 0.6) is 0 Å². The summed E-state index contributed by atoms with van der Waals surface area (Å²) in [5.74, 6) is 4.01. The van der Waals surface area contributed by atoms with E-state index in [0.29, 0.717) is 27.9 Å². The van der Waals surface area contributed by atoms with Gasteiger partial charge in [0.1, 0.15) is 11.5 Å². The van der Waals surface area contributed by atoms with Crippen molar-refractivity contribution in [1.82, 2.24) is 0 Å². The number of sulfonamides is 1. The highest BCUT2D eigenvalue weighted by Gasteiger charge is 2.27. The van der Waals surface area contributed by atoms with E-state index < -0.39 is 17.3 Å². The van der Waals surface area contributed by atoms with Crippen LogP contribution in [-0.2, 0) is 19.3 Å². The molecule has 186 valence electrons. The first-order chi connectivity index (χ1) is 17.8. The van der Waals surface area contributed by atoms with Gasteiger partial charge >= 0.3 is 0 Å². The van der Waals surface area contributed by atoms with E-state index in [9.17, 15) is 13.0 Å². The molecule has 0 spiro atoms. The molecule has 0 aromatic heterocycles. The van der Waals surface area contributed by atoms with Crippen LogP contribution in [0.3, 0.4) is 0 Å². The highest BCUT2D eigenvalue weighted by atomic mass is 35.5. The normalized spacial score (nSPS) is 14.6. The van der Waals surface area contributed by atoms with Crippen molar-refractivity contribution in [2.24, 2.45) is 0 Å². The number of hydrogen-bond donors (Lipinski definition) is 2. The van der Waals surface area contributed by atoms with Crippen LogP contribution in [0.15, 0.2) is 126 Å². The molecule has 5 rings (SSSR count). The molecule has 0 unspecified atom stereocenters. The molecule has 1 aliphatic rings. The van der Waals surface area contributed by atoms with Gasteiger partial charge in [0.15, 0.2) is 0 Å². The van der Waals surface area contributed by atoms with Gasteiger partial charge in [-0.05, 0) is 42.5 Å². The van der Waals surface area contributed by atoms with Crippen LogP contribution in [0.25, 0.3) is 11.5 Å². The third-order valence-corrected chi connectivity index (χ3v) is 8.97. The maximum atomic E-state index is 14.1. The Bertz CT molecular complexity index is 1580. The van der Waals surface area contributed by atoms with Gasteiger partial charge in [0, 0.05) is 39.2 Å². The summed E-state index contributed by atoms with van der Waals surface area (Å²) in [6.07, 6.45) is 0. The Morgan fingerprint density at radius 2 is 1.24 bits per heavy atom. The number of benzene rings is 4. The zero-order valence-corrected chi connectivity index (χ0v) is 21.9. The van der Waals surface area contributed by atoms with Gasteiger partial charge in [-0.2, -0.15) is 0 Å². The fourth-order valence-electron chi connectivity index (χ4n) is 3.76. The lowest BCUT2D eigenvalue weighted by Crippen LogP contribution is -2.13. The zero-order valence-electron chi connectivity index (χ0n) is 19.4. The van der Waals surface area contributed by atoms with E-state index in [1.54, 1.807) is 48.0 Å². The predicted octanol–water partition coefficient (Wildman–Crippen LogP) is 7.86. The largest absolute Gasteiger partial charge is 0.456 e. The van der Waals surface area contributed by atoms with E-state index >= 15 is 0 Å². The Balaban J connectivity index is 1.48. The second kappa shape index (κ2) is 10.3. The fourth-order valence-corrected chi connectivity index (χ4v) is 6.84. The van der Waals surface area contributed by atoms with Crippen LogP contribution < -0.4 is 9.81 Å². The van der Waals surface area contributed by atoms with Gasteiger partial charge in [-0.1, -0.05) is 78.3 Å². The Labute approximate surface area is 220 Å². The summed E-state index contributed by atoms with van der Waals surface area (Å²) >= 11 is 5.89. The van der Waals surface area contributed by atoms with Gasteiger partial charge in [0.05, 0.1) is 4.90 Å². The van der Waals surface area contributed by atoms with Crippen molar-refractivity contribution in [3.8, 4) is 0 Å². The molecular weight excluding hydrogens is 527 g/mol. The first kappa shape index (κ1) is 24.9. The molecule has 37 heavy (non-hydrogen) atoms. The van der Waals surface area contributed by atoms with Crippen molar-refractivity contribution in [2.45, 2.75) is 4.90 Å². The van der Waals surface area contributed by atoms with Gasteiger partial charge in [0.2, 0.25) is 7.29 Å². The summed E-state index contributed by atoms with van der Waals surface area (Å²) in [6.45, 7) is 0.